The molecule has 2 aromatic rings. The fraction of sp³-hybridized carbons (Fsp3) is 0.294. The van der Waals surface area contributed by atoms with Gasteiger partial charge in [0, 0.05) is 17.1 Å². The van der Waals surface area contributed by atoms with Crippen LogP contribution in [0.25, 0.3) is 0 Å². The quantitative estimate of drug-likeness (QED) is 0.757. The molecule has 2 rings (SSSR count). The highest BCUT2D eigenvalue weighted by Gasteiger charge is 2.04. The molecule has 0 saturated heterocycles. The molecule has 0 amide bonds. The van der Waals surface area contributed by atoms with Crippen LogP contribution in [-0.2, 0) is 13.0 Å². The minimum absolute atomic E-state index is 0. The first-order chi connectivity index (χ1) is 9.79. The molecule has 0 saturated carbocycles. The Bertz CT molecular complexity index is 532. The largest absolute Gasteiger partial charge is 0.494 e. The van der Waals surface area contributed by atoms with Crippen LogP contribution in [0, 0.1) is 0 Å². The van der Waals surface area contributed by atoms with Crippen molar-refractivity contribution >= 4 is 24.0 Å². The summed E-state index contributed by atoms with van der Waals surface area (Å²) in [6, 6.07) is 16.2. The molecule has 0 unspecified atom stereocenters. The van der Waals surface area contributed by atoms with Gasteiger partial charge in [0.1, 0.15) is 5.75 Å². The highest BCUT2D eigenvalue weighted by atomic mass is 35.5. The van der Waals surface area contributed by atoms with Crippen molar-refractivity contribution in [1.29, 1.82) is 0 Å². The minimum Gasteiger partial charge on any atom is -0.494 e. The highest BCUT2D eigenvalue weighted by Crippen LogP contribution is 2.22. The maximum absolute atomic E-state index is 6.04. The lowest BCUT2D eigenvalue weighted by Crippen LogP contribution is -2.17. The van der Waals surface area contributed by atoms with E-state index in [-0.39, 0.29) is 12.4 Å². The lowest BCUT2D eigenvalue weighted by molar-refractivity contribution is 0.335. The summed E-state index contributed by atoms with van der Waals surface area (Å²) >= 11 is 6.04. The van der Waals surface area contributed by atoms with E-state index in [2.05, 4.69) is 29.6 Å². The van der Waals surface area contributed by atoms with Crippen LogP contribution in [0.4, 0.5) is 0 Å². The van der Waals surface area contributed by atoms with Crippen molar-refractivity contribution in [2.75, 3.05) is 13.2 Å². The number of hydrogen-bond acceptors (Lipinski definition) is 2. The Hall–Kier alpha value is -1.22. The standard InChI is InChI=1S/C17H20ClNO.ClH/c1-2-20-17-9-8-16(18)12-15(17)13-19-11-10-14-6-4-3-5-7-14;/h3-9,12,19H,2,10-11,13H2,1H3;1H. The Morgan fingerprint density at radius 2 is 1.86 bits per heavy atom. The third-order valence-corrected chi connectivity index (χ3v) is 3.31. The number of hydrogen-bond donors (Lipinski definition) is 1. The average Bonchev–Trinajstić information content (AvgIpc) is 2.47. The van der Waals surface area contributed by atoms with Gasteiger partial charge in [-0.15, -0.1) is 12.4 Å². The molecule has 0 radical (unpaired) electrons. The van der Waals surface area contributed by atoms with Gasteiger partial charge in [-0.05, 0) is 43.7 Å². The summed E-state index contributed by atoms with van der Waals surface area (Å²) < 4.78 is 5.61. The molecule has 0 atom stereocenters. The van der Waals surface area contributed by atoms with Gasteiger partial charge in [-0.3, -0.25) is 0 Å². The summed E-state index contributed by atoms with van der Waals surface area (Å²) in [6.45, 7) is 4.35. The van der Waals surface area contributed by atoms with E-state index in [1.165, 1.54) is 5.56 Å². The number of benzene rings is 2. The van der Waals surface area contributed by atoms with Crippen molar-refractivity contribution < 1.29 is 4.74 Å². The number of rotatable bonds is 7. The molecule has 1 N–H and O–H groups in total. The maximum Gasteiger partial charge on any atom is 0.123 e. The third kappa shape index (κ3) is 5.96. The molecule has 0 bridgehead atoms. The van der Waals surface area contributed by atoms with Crippen molar-refractivity contribution in [3.8, 4) is 5.75 Å². The fourth-order valence-corrected chi connectivity index (χ4v) is 2.28. The molecule has 0 aliphatic heterocycles. The molecular formula is C17H21Cl2NO. The molecule has 4 heteroatoms. The molecule has 0 spiro atoms. The predicted octanol–water partition coefficient (Wildman–Crippen LogP) is 4.49. The number of nitrogens with one attached hydrogen (secondary N) is 1. The van der Waals surface area contributed by atoms with E-state index in [1.807, 2.05) is 31.2 Å². The van der Waals surface area contributed by atoms with Gasteiger partial charge in [-0.2, -0.15) is 0 Å². The van der Waals surface area contributed by atoms with Crippen molar-refractivity contribution in [2.24, 2.45) is 0 Å². The summed E-state index contributed by atoms with van der Waals surface area (Å²) in [7, 11) is 0. The van der Waals surface area contributed by atoms with Gasteiger partial charge in [-0.25, -0.2) is 0 Å². The van der Waals surface area contributed by atoms with E-state index in [1.54, 1.807) is 0 Å². The normalized spacial score (nSPS) is 10.0. The third-order valence-electron chi connectivity index (χ3n) is 3.07. The van der Waals surface area contributed by atoms with Crippen molar-refractivity contribution in [3.63, 3.8) is 0 Å². The molecule has 2 nitrogen and oxygen atoms in total. The van der Waals surface area contributed by atoms with E-state index >= 15 is 0 Å². The first-order valence-electron chi connectivity index (χ1n) is 6.95. The summed E-state index contributed by atoms with van der Waals surface area (Å²) in [5.74, 6) is 0.907. The van der Waals surface area contributed by atoms with Gasteiger partial charge in [0.15, 0.2) is 0 Å². The first-order valence-corrected chi connectivity index (χ1v) is 7.33. The molecule has 2 aromatic carbocycles. The topological polar surface area (TPSA) is 21.3 Å². The zero-order chi connectivity index (χ0) is 14.2. The predicted molar refractivity (Wildman–Crippen MR) is 91.7 cm³/mol. The SMILES string of the molecule is CCOc1ccc(Cl)cc1CNCCc1ccccc1.Cl. The highest BCUT2D eigenvalue weighted by molar-refractivity contribution is 6.30. The maximum atomic E-state index is 6.04. The van der Waals surface area contributed by atoms with E-state index in [4.69, 9.17) is 16.3 Å². The zero-order valence-electron chi connectivity index (χ0n) is 12.1. The van der Waals surface area contributed by atoms with Crippen molar-refractivity contribution in [3.05, 3.63) is 64.7 Å². The van der Waals surface area contributed by atoms with Crippen LogP contribution in [0.3, 0.4) is 0 Å². The van der Waals surface area contributed by atoms with E-state index < -0.39 is 0 Å². The fourth-order valence-electron chi connectivity index (χ4n) is 2.08. The Morgan fingerprint density at radius 3 is 2.57 bits per heavy atom. The Balaban J connectivity index is 0.00000220. The molecule has 0 aliphatic rings. The lowest BCUT2D eigenvalue weighted by atomic mass is 10.1. The van der Waals surface area contributed by atoms with Crippen molar-refractivity contribution in [2.45, 2.75) is 19.9 Å². The lowest BCUT2D eigenvalue weighted by Gasteiger charge is -2.11. The molecule has 0 fully saturated rings. The van der Waals surface area contributed by atoms with Gasteiger partial charge in [0.2, 0.25) is 0 Å². The van der Waals surface area contributed by atoms with Crippen LogP contribution in [0.2, 0.25) is 5.02 Å². The van der Waals surface area contributed by atoms with E-state index in [0.717, 1.165) is 35.8 Å². The first kappa shape index (κ1) is 17.8. The van der Waals surface area contributed by atoms with Gasteiger partial charge in [0.05, 0.1) is 6.61 Å². The molecular weight excluding hydrogens is 305 g/mol. The van der Waals surface area contributed by atoms with Crippen LogP contribution < -0.4 is 10.1 Å². The van der Waals surface area contributed by atoms with E-state index in [9.17, 15) is 0 Å². The summed E-state index contributed by atoms with van der Waals surface area (Å²) in [4.78, 5) is 0. The van der Waals surface area contributed by atoms with Gasteiger partial charge in [-0.1, -0.05) is 41.9 Å². The molecule has 0 aliphatic carbocycles. The van der Waals surface area contributed by atoms with Gasteiger partial charge >= 0.3 is 0 Å². The Morgan fingerprint density at radius 1 is 1.10 bits per heavy atom. The molecule has 0 aromatic heterocycles. The monoisotopic (exact) mass is 325 g/mol. The number of ether oxygens (including phenoxy) is 1. The second-order valence-corrected chi connectivity index (χ2v) is 5.03. The summed E-state index contributed by atoms with van der Waals surface area (Å²) in [5, 5.41) is 4.18. The zero-order valence-corrected chi connectivity index (χ0v) is 13.7. The van der Waals surface area contributed by atoms with E-state index in [0.29, 0.717) is 6.61 Å². The van der Waals surface area contributed by atoms with Gasteiger partial charge < -0.3 is 10.1 Å². The smallest absolute Gasteiger partial charge is 0.123 e. The molecule has 114 valence electrons. The second kappa shape index (κ2) is 9.67. The van der Waals surface area contributed by atoms with Crippen LogP contribution in [0.1, 0.15) is 18.1 Å². The van der Waals surface area contributed by atoms with Crippen molar-refractivity contribution in [1.82, 2.24) is 5.32 Å². The second-order valence-electron chi connectivity index (χ2n) is 4.60. The van der Waals surface area contributed by atoms with Gasteiger partial charge in [0.25, 0.3) is 0 Å². The Kier molecular flexibility index (Phi) is 8.21. The number of halogens is 2. The minimum atomic E-state index is 0. The van der Waals surface area contributed by atoms with Crippen LogP contribution in [-0.4, -0.2) is 13.2 Å². The van der Waals surface area contributed by atoms with Crippen LogP contribution >= 0.6 is 24.0 Å². The average molecular weight is 326 g/mol. The summed E-state index contributed by atoms with van der Waals surface area (Å²) in [6.07, 6.45) is 1.02. The Labute approximate surface area is 137 Å². The summed E-state index contributed by atoms with van der Waals surface area (Å²) in [5.41, 5.74) is 2.45. The molecule has 0 heterocycles. The van der Waals surface area contributed by atoms with Crippen LogP contribution in [0.5, 0.6) is 5.75 Å². The molecule has 21 heavy (non-hydrogen) atoms. The van der Waals surface area contributed by atoms with Crippen LogP contribution in [0.15, 0.2) is 48.5 Å².